The fourth-order valence-electron chi connectivity index (χ4n) is 2.88. The van der Waals surface area contributed by atoms with Gasteiger partial charge in [-0.1, -0.05) is 48.5 Å². The van der Waals surface area contributed by atoms with Crippen LogP contribution >= 0.6 is 0 Å². The third-order valence-electron chi connectivity index (χ3n) is 4.31. The van der Waals surface area contributed by atoms with Gasteiger partial charge in [-0.05, 0) is 35.9 Å². The summed E-state index contributed by atoms with van der Waals surface area (Å²) in [5.41, 5.74) is 3.22. The summed E-state index contributed by atoms with van der Waals surface area (Å²) >= 11 is 0. The molecular formula is C23H20N2O3. The molecule has 0 unspecified atom stereocenters. The molecule has 0 aliphatic carbocycles. The van der Waals surface area contributed by atoms with Crippen molar-refractivity contribution in [2.75, 3.05) is 6.54 Å². The van der Waals surface area contributed by atoms with Crippen LogP contribution in [-0.2, 0) is 13.0 Å². The highest BCUT2D eigenvalue weighted by Crippen LogP contribution is 2.16. The summed E-state index contributed by atoms with van der Waals surface area (Å²) in [6.45, 7) is 0.907. The van der Waals surface area contributed by atoms with E-state index in [-0.39, 0.29) is 5.91 Å². The Morgan fingerprint density at radius 3 is 2.64 bits per heavy atom. The van der Waals surface area contributed by atoms with Crippen molar-refractivity contribution in [3.05, 3.63) is 95.9 Å². The van der Waals surface area contributed by atoms with E-state index < -0.39 is 0 Å². The zero-order chi connectivity index (χ0) is 19.2. The van der Waals surface area contributed by atoms with Gasteiger partial charge in [0, 0.05) is 18.5 Å². The largest absolute Gasteiger partial charge is 0.489 e. The van der Waals surface area contributed by atoms with Crippen LogP contribution in [0.2, 0.25) is 0 Å². The Kier molecular flexibility index (Phi) is 5.33. The number of hydrogen-bond acceptors (Lipinski definition) is 4. The molecular weight excluding hydrogens is 352 g/mol. The average molecular weight is 372 g/mol. The number of carbonyl (C=O) groups is 1. The minimum atomic E-state index is -0.152. The molecule has 4 aromatic rings. The van der Waals surface area contributed by atoms with Gasteiger partial charge < -0.3 is 14.5 Å². The molecule has 0 spiro atoms. The van der Waals surface area contributed by atoms with Gasteiger partial charge in [0.2, 0.25) is 0 Å². The number of hydrogen-bond donors (Lipinski definition) is 1. The molecule has 140 valence electrons. The minimum Gasteiger partial charge on any atom is -0.489 e. The molecule has 0 radical (unpaired) electrons. The molecule has 1 aromatic heterocycles. The first-order valence-electron chi connectivity index (χ1n) is 9.17. The molecule has 3 aromatic carbocycles. The highest BCUT2D eigenvalue weighted by atomic mass is 16.5. The number of carbonyl (C=O) groups excluding carboxylic acids is 1. The first kappa shape index (κ1) is 17.8. The van der Waals surface area contributed by atoms with Crippen LogP contribution in [0.15, 0.2) is 83.3 Å². The fraction of sp³-hybridized carbons (Fsp3) is 0.130. The first-order valence-corrected chi connectivity index (χ1v) is 9.17. The number of aromatic nitrogens is 1. The lowest BCUT2D eigenvalue weighted by molar-refractivity contribution is 0.0953. The number of nitrogens with zero attached hydrogens (tertiary/aromatic N) is 1. The smallest absolute Gasteiger partial charge is 0.251 e. The Morgan fingerprint density at radius 1 is 0.964 bits per heavy atom. The molecule has 0 aliphatic heterocycles. The zero-order valence-corrected chi connectivity index (χ0v) is 15.3. The quantitative estimate of drug-likeness (QED) is 0.523. The summed E-state index contributed by atoms with van der Waals surface area (Å²) in [7, 11) is 0. The second kappa shape index (κ2) is 8.39. The number of benzene rings is 3. The van der Waals surface area contributed by atoms with Gasteiger partial charge in [0.05, 0.1) is 0 Å². The molecule has 0 bridgehead atoms. The van der Waals surface area contributed by atoms with E-state index in [0.29, 0.717) is 36.8 Å². The van der Waals surface area contributed by atoms with Crippen LogP contribution in [0.4, 0.5) is 0 Å². The summed E-state index contributed by atoms with van der Waals surface area (Å²) in [6, 6.07) is 24.7. The average Bonchev–Trinajstić information content (AvgIpc) is 3.16. The van der Waals surface area contributed by atoms with E-state index in [1.54, 1.807) is 12.1 Å². The summed E-state index contributed by atoms with van der Waals surface area (Å²) < 4.78 is 11.5. The zero-order valence-electron chi connectivity index (χ0n) is 15.3. The molecule has 0 aliphatic rings. The van der Waals surface area contributed by atoms with Crippen molar-refractivity contribution in [2.45, 2.75) is 13.0 Å². The molecule has 4 rings (SSSR count). The molecule has 0 saturated carbocycles. The molecule has 28 heavy (non-hydrogen) atoms. The number of rotatable bonds is 7. The Balaban J connectivity index is 1.31. The monoisotopic (exact) mass is 372 g/mol. The normalized spacial score (nSPS) is 10.7. The second-order valence-electron chi connectivity index (χ2n) is 6.38. The van der Waals surface area contributed by atoms with Gasteiger partial charge in [-0.15, -0.1) is 0 Å². The Hall–Kier alpha value is -3.60. The van der Waals surface area contributed by atoms with Crippen LogP contribution in [0.1, 0.15) is 21.8 Å². The highest BCUT2D eigenvalue weighted by Gasteiger charge is 2.09. The van der Waals surface area contributed by atoms with E-state index in [2.05, 4.69) is 10.3 Å². The predicted molar refractivity (Wildman–Crippen MR) is 107 cm³/mol. The lowest BCUT2D eigenvalue weighted by Crippen LogP contribution is -2.25. The lowest BCUT2D eigenvalue weighted by atomic mass is 10.2. The lowest BCUT2D eigenvalue weighted by Gasteiger charge is -2.08. The minimum absolute atomic E-state index is 0.152. The van der Waals surface area contributed by atoms with Crippen molar-refractivity contribution in [3.63, 3.8) is 0 Å². The third kappa shape index (κ3) is 4.38. The standard InChI is InChI=1S/C23H20N2O3/c26-23(24-14-13-22-25-20-11-4-5-12-21(20)28-22)18-9-6-10-19(15-18)27-16-17-7-2-1-3-8-17/h1-12,15H,13-14,16H2,(H,24,26). The van der Waals surface area contributed by atoms with Crippen LogP contribution in [0.5, 0.6) is 5.75 Å². The van der Waals surface area contributed by atoms with Crippen molar-refractivity contribution < 1.29 is 13.9 Å². The Labute approximate surface area is 163 Å². The van der Waals surface area contributed by atoms with Crippen LogP contribution in [0, 0.1) is 0 Å². The highest BCUT2D eigenvalue weighted by molar-refractivity contribution is 5.94. The maximum atomic E-state index is 12.4. The predicted octanol–water partition coefficient (Wildman–Crippen LogP) is 4.38. The number of oxazole rings is 1. The molecule has 1 heterocycles. The molecule has 5 nitrogen and oxygen atoms in total. The maximum Gasteiger partial charge on any atom is 0.251 e. The number of ether oxygens (including phenoxy) is 1. The summed E-state index contributed by atoms with van der Waals surface area (Å²) in [6.07, 6.45) is 0.532. The van der Waals surface area contributed by atoms with Crippen LogP contribution < -0.4 is 10.1 Å². The van der Waals surface area contributed by atoms with Gasteiger partial charge in [0.15, 0.2) is 11.5 Å². The molecule has 5 heteroatoms. The summed E-state index contributed by atoms with van der Waals surface area (Å²) in [5, 5.41) is 2.90. The van der Waals surface area contributed by atoms with Crippen molar-refractivity contribution in [1.82, 2.24) is 10.3 Å². The summed E-state index contributed by atoms with van der Waals surface area (Å²) in [5.74, 6) is 1.12. The van der Waals surface area contributed by atoms with E-state index in [0.717, 1.165) is 16.7 Å². The van der Waals surface area contributed by atoms with Crippen LogP contribution in [0.25, 0.3) is 11.1 Å². The van der Waals surface area contributed by atoms with Crippen molar-refractivity contribution in [2.24, 2.45) is 0 Å². The van der Waals surface area contributed by atoms with Crippen molar-refractivity contribution in [3.8, 4) is 5.75 Å². The van der Waals surface area contributed by atoms with E-state index in [1.165, 1.54) is 0 Å². The number of fused-ring (bicyclic) bond motifs is 1. The van der Waals surface area contributed by atoms with Crippen LogP contribution in [-0.4, -0.2) is 17.4 Å². The van der Waals surface area contributed by atoms with Gasteiger partial charge >= 0.3 is 0 Å². The molecule has 0 saturated heterocycles. The Bertz CT molecular complexity index is 1040. The topological polar surface area (TPSA) is 64.4 Å². The number of nitrogens with one attached hydrogen (secondary N) is 1. The van der Waals surface area contributed by atoms with E-state index >= 15 is 0 Å². The van der Waals surface area contributed by atoms with E-state index in [4.69, 9.17) is 9.15 Å². The van der Waals surface area contributed by atoms with Crippen LogP contribution in [0.3, 0.4) is 0 Å². The number of para-hydroxylation sites is 2. The van der Waals surface area contributed by atoms with Crippen molar-refractivity contribution in [1.29, 1.82) is 0 Å². The van der Waals surface area contributed by atoms with E-state index in [9.17, 15) is 4.79 Å². The van der Waals surface area contributed by atoms with Gasteiger partial charge in [-0.3, -0.25) is 4.79 Å². The second-order valence-corrected chi connectivity index (χ2v) is 6.38. The Morgan fingerprint density at radius 2 is 1.79 bits per heavy atom. The molecule has 1 N–H and O–H groups in total. The summed E-state index contributed by atoms with van der Waals surface area (Å²) in [4.78, 5) is 16.8. The number of amides is 1. The van der Waals surface area contributed by atoms with Gasteiger partial charge in [-0.25, -0.2) is 4.98 Å². The van der Waals surface area contributed by atoms with Gasteiger partial charge in [-0.2, -0.15) is 0 Å². The van der Waals surface area contributed by atoms with Gasteiger partial charge in [0.1, 0.15) is 17.9 Å². The first-order chi connectivity index (χ1) is 13.8. The van der Waals surface area contributed by atoms with Crippen molar-refractivity contribution >= 4 is 17.0 Å². The van der Waals surface area contributed by atoms with E-state index in [1.807, 2.05) is 66.7 Å². The third-order valence-corrected chi connectivity index (χ3v) is 4.31. The SMILES string of the molecule is O=C(NCCc1nc2ccccc2o1)c1cccc(OCc2ccccc2)c1. The molecule has 1 amide bonds. The fourth-order valence-corrected chi connectivity index (χ4v) is 2.88. The molecule has 0 atom stereocenters. The van der Waals surface area contributed by atoms with Gasteiger partial charge in [0.25, 0.3) is 5.91 Å². The maximum absolute atomic E-state index is 12.4. The molecule has 0 fully saturated rings.